The predicted octanol–water partition coefficient (Wildman–Crippen LogP) is 3.81. The van der Waals surface area contributed by atoms with Crippen LogP contribution in [0, 0.1) is 5.41 Å². The first-order valence-corrected chi connectivity index (χ1v) is 8.38. The lowest BCUT2D eigenvalue weighted by Crippen LogP contribution is -2.29. The molecule has 2 heterocycles. The lowest BCUT2D eigenvalue weighted by atomic mass is 9.95. The Morgan fingerprint density at radius 2 is 1.77 bits per heavy atom. The molecule has 1 aromatic carbocycles. The number of hydrogen-bond donors (Lipinski definition) is 2. The second-order valence-corrected chi connectivity index (χ2v) is 7.25. The number of rotatable bonds is 3. The third-order valence-corrected chi connectivity index (χ3v) is 4.14. The summed E-state index contributed by atoms with van der Waals surface area (Å²) in [5, 5.41) is 6.69. The van der Waals surface area contributed by atoms with E-state index in [1.54, 1.807) is 12.3 Å². The minimum Gasteiger partial charge on any atom is -0.348 e. The van der Waals surface area contributed by atoms with Crippen LogP contribution < -0.4 is 10.6 Å². The van der Waals surface area contributed by atoms with Gasteiger partial charge in [0.15, 0.2) is 0 Å². The van der Waals surface area contributed by atoms with E-state index in [0.717, 1.165) is 10.9 Å². The molecule has 6 heteroatoms. The third kappa shape index (κ3) is 3.44. The number of carbonyl (C=O) groups is 2. The zero-order chi connectivity index (χ0) is 18.9. The van der Waals surface area contributed by atoms with Crippen LogP contribution in [0.25, 0.3) is 10.9 Å². The van der Waals surface area contributed by atoms with Gasteiger partial charge in [0.2, 0.25) is 5.91 Å². The topological polar surface area (TPSA) is 76.0 Å². The molecule has 3 rings (SSSR count). The Kier molecular flexibility index (Phi) is 4.50. The van der Waals surface area contributed by atoms with Gasteiger partial charge >= 0.3 is 0 Å². The Balaban J connectivity index is 1.90. The molecule has 0 atom stereocenters. The molecule has 2 aromatic heterocycles. The number of nitrogens with zero attached hydrogens (tertiary/aromatic N) is 2. The minimum atomic E-state index is -0.563. The van der Waals surface area contributed by atoms with Crippen molar-refractivity contribution in [3.8, 4) is 0 Å². The van der Waals surface area contributed by atoms with E-state index in [0.29, 0.717) is 16.9 Å². The Bertz CT molecular complexity index is 983. The number of fused-ring (bicyclic) bond motifs is 1. The van der Waals surface area contributed by atoms with Gasteiger partial charge in [0.25, 0.3) is 5.91 Å². The number of aromatic nitrogens is 2. The summed E-state index contributed by atoms with van der Waals surface area (Å²) in [5.74, 6) is -0.485. The number of hydrogen-bond acceptors (Lipinski definition) is 3. The highest BCUT2D eigenvalue weighted by molar-refractivity contribution is 6.13. The van der Waals surface area contributed by atoms with Crippen LogP contribution in [0.3, 0.4) is 0 Å². The SMILES string of the molecule is Cn1cc(NC(=O)c2cnccc2NC(=O)C(C)(C)C)c2ccccc21. The molecule has 0 saturated carbocycles. The number of nitrogens with one attached hydrogen (secondary N) is 2. The Labute approximate surface area is 152 Å². The second-order valence-electron chi connectivity index (χ2n) is 7.25. The van der Waals surface area contributed by atoms with E-state index in [1.165, 1.54) is 6.20 Å². The number of amides is 2. The molecule has 0 aliphatic carbocycles. The number of pyridine rings is 1. The van der Waals surface area contributed by atoms with E-state index in [4.69, 9.17) is 0 Å². The molecule has 0 saturated heterocycles. The fourth-order valence-electron chi connectivity index (χ4n) is 2.63. The molecular formula is C20H22N4O2. The average Bonchev–Trinajstić information content (AvgIpc) is 2.91. The highest BCUT2D eigenvalue weighted by atomic mass is 16.2. The summed E-state index contributed by atoms with van der Waals surface area (Å²) in [6.45, 7) is 5.46. The standard InChI is InChI=1S/C20H22N4O2/c1-20(2,3)19(26)23-15-9-10-21-11-14(15)18(25)22-16-12-24(4)17-8-6-5-7-13(16)17/h5-12H,1-4H3,(H,22,25)(H,21,23,26). The lowest BCUT2D eigenvalue weighted by Gasteiger charge is -2.19. The van der Waals surface area contributed by atoms with Crippen LogP contribution in [0.5, 0.6) is 0 Å². The zero-order valence-electron chi connectivity index (χ0n) is 15.3. The molecule has 0 unspecified atom stereocenters. The van der Waals surface area contributed by atoms with Crippen molar-refractivity contribution in [3.05, 3.63) is 54.5 Å². The van der Waals surface area contributed by atoms with Gasteiger partial charge in [-0.15, -0.1) is 0 Å². The number of aryl methyl sites for hydroxylation is 1. The average molecular weight is 350 g/mol. The molecule has 26 heavy (non-hydrogen) atoms. The van der Waals surface area contributed by atoms with E-state index in [-0.39, 0.29) is 11.8 Å². The second kappa shape index (κ2) is 6.63. The van der Waals surface area contributed by atoms with Crippen molar-refractivity contribution in [3.63, 3.8) is 0 Å². The Morgan fingerprint density at radius 1 is 1.04 bits per heavy atom. The van der Waals surface area contributed by atoms with Crippen molar-refractivity contribution >= 4 is 34.1 Å². The normalized spacial score (nSPS) is 11.4. The maximum Gasteiger partial charge on any atom is 0.259 e. The first-order chi connectivity index (χ1) is 12.3. The van der Waals surface area contributed by atoms with Crippen molar-refractivity contribution in [2.24, 2.45) is 12.5 Å². The van der Waals surface area contributed by atoms with Crippen LogP contribution in [0.4, 0.5) is 11.4 Å². The summed E-state index contributed by atoms with van der Waals surface area (Å²) >= 11 is 0. The molecule has 0 radical (unpaired) electrons. The van der Waals surface area contributed by atoms with Crippen molar-refractivity contribution in [1.82, 2.24) is 9.55 Å². The molecule has 0 spiro atoms. The maximum atomic E-state index is 12.8. The van der Waals surface area contributed by atoms with Gasteiger partial charge in [-0.3, -0.25) is 14.6 Å². The molecular weight excluding hydrogens is 328 g/mol. The summed E-state index contributed by atoms with van der Waals surface area (Å²) < 4.78 is 1.95. The maximum absolute atomic E-state index is 12.8. The van der Waals surface area contributed by atoms with Crippen molar-refractivity contribution in [1.29, 1.82) is 0 Å². The van der Waals surface area contributed by atoms with Gasteiger partial charge in [-0.25, -0.2) is 0 Å². The summed E-state index contributed by atoms with van der Waals surface area (Å²) in [6.07, 6.45) is 4.87. The monoisotopic (exact) mass is 350 g/mol. The molecule has 0 aliphatic rings. The van der Waals surface area contributed by atoms with Crippen molar-refractivity contribution < 1.29 is 9.59 Å². The molecule has 0 bridgehead atoms. The summed E-state index contributed by atoms with van der Waals surface area (Å²) in [4.78, 5) is 29.1. The number of carbonyl (C=O) groups excluding carboxylic acids is 2. The van der Waals surface area contributed by atoms with Gasteiger partial charge in [0.1, 0.15) is 0 Å². The van der Waals surface area contributed by atoms with E-state index in [1.807, 2.05) is 62.8 Å². The molecule has 0 fully saturated rings. The van der Waals surface area contributed by atoms with Gasteiger partial charge in [0.05, 0.1) is 16.9 Å². The fourth-order valence-corrected chi connectivity index (χ4v) is 2.63. The predicted molar refractivity (Wildman–Crippen MR) is 103 cm³/mol. The largest absolute Gasteiger partial charge is 0.348 e. The van der Waals surface area contributed by atoms with E-state index < -0.39 is 5.41 Å². The third-order valence-electron chi connectivity index (χ3n) is 4.14. The lowest BCUT2D eigenvalue weighted by molar-refractivity contribution is -0.123. The van der Waals surface area contributed by atoms with Crippen LogP contribution in [0.15, 0.2) is 48.9 Å². The van der Waals surface area contributed by atoms with E-state index >= 15 is 0 Å². The Morgan fingerprint density at radius 3 is 2.50 bits per heavy atom. The van der Waals surface area contributed by atoms with Crippen LogP contribution in [0.1, 0.15) is 31.1 Å². The summed E-state index contributed by atoms with van der Waals surface area (Å²) in [6, 6.07) is 9.45. The van der Waals surface area contributed by atoms with Crippen LogP contribution in [0.2, 0.25) is 0 Å². The van der Waals surface area contributed by atoms with E-state index in [9.17, 15) is 9.59 Å². The van der Waals surface area contributed by atoms with Crippen LogP contribution in [-0.4, -0.2) is 21.4 Å². The minimum absolute atomic E-state index is 0.164. The molecule has 2 amide bonds. The first-order valence-electron chi connectivity index (χ1n) is 8.38. The van der Waals surface area contributed by atoms with Gasteiger partial charge in [-0.05, 0) is 12.1 Å². The smallest absolute Gasteiger partial charge is 0.259 e. The molecule has 134 valence electrons. The van der Waals surface area contributed by atoms with Crippen LogP contribution in [-0.2, 0) is 11.8 Å². The van der Waals surface area contributed by atoms with Gasteiger partial charge in [-0.1, -0.05) is 39.0 Å². The molecule has 6 nitrogen and oxygen atoms in total. The first kappa shape index (κ1) is 17.7. The number of para-hydroxylation sites is 1. The van der Waals surface area contributed by atoms with Gasteiger partial charge in [-0.2, -0.15) is 0 Å². The molecule has 0 aliphatic heterocycles. The van der Waals surface area contributed by atoms with Crippen molar-refractivity contribution in [2.75, 3.05) is 10.6 Å². The summed E-state index contributed by atoms with van der Waals surface area (Å²) in [7, 11) is 1.93. The molecule has 3 aromatic rings. The summed E-state index contributed by atoms with van der Waals surface area (Å²) in [5.41, 5.74) is 1.93. The van der Waals surface area contributed by atoms with E-state index in [2.05, 4.69) is 15.6 Å². The number of benzene rings is 1. The highest BCUT2D eigenvalue weighted by Crippen LogP contribution is 2.26. The van der Waals surface area contributed by atoms with Crippen LogP contribution >= 0.6 is 0 Å². The zero-order valence-corrected chi connectivity index (χ0v) is 15.3. The fraction of sp³-hybridized carbons (Fsp3) is 0.250. The quantitative estimate of drug-likeness (QED) is 0.754. The highest BCUT2D eigenvalue weighted by Gasteiger charge is 2.23. The Hall–Kier alpha value is -3.15. The molecule has 2 N–H and O–H groups in total. The van der Waals surface area contributed by atoms with Gasteiger partial charge < -0.3 is 15.2 Å². The van der Waals surface area contributed by atoms with Gasteiger partial charge in [0, 0.05) is 42.0 Å². The van der Waals surface area contributed by atoms with Crippen molar-refractivity contribution in [2.45, 2.75) is 20.8 Å². The number of anilines is 2.